The molecule has 108 valence electrons. The van der Waals surface area contributed by atoms with Crippen molar-refractivity contribution < 1.29 is 24.2 Å². The second kappa shape index (κ2) is 6.47. The highest BCUT2D eigenvalue weighted by atomic mass is 35.5. The minimum Gasteiger partial charge on any atom is -0.489 e. The van der Waals surface area contributed by atoms with Gasteiger partial charge in [-0.3, -0.25) is 9.59 Å². The zero-order valence-electron chi connectivity index (χ0n) is 10.6. The number of aliphatic carboxylic acids is 1. The first kappa shape index (κ1) is 14.5. The summed E-state index contributed by atoms with van der Waals surface area (Å²) in [4.78, 5) is 21.4. The first-order valence-corrected chi connectivity index (χ1v) is 6.50. The quantitative estimate of drug-likeness (QED) is 0.809. The zero-order chi connectivity index (χ0) is 14.5. The predicted molar refractivity (Wildman–Crippen MR) is 71.3 cm³/mol. The smallest absolute Gasteiger partial charge is 0.305 e. The monoisotopic (exact) mass is 299 g/mol. The summed E-state index contributed by atoms with van der Waals surface area (Å²) in [6, 6.07) is 2.56. The van der Waals surface area contributed by atoms with Crippen molar-refractivity contribution in [1.82, 2.24) is 5.32 Å². The molecule has 1 aromatic carbocycles. The van der Waals surface area contributed by atoms with Crippen LogP contribution in [0.1, 0.15) is 24.4 Å². The molecule has 1 amide bonds. The Hall–Kier alpha value is -1.95. The molecule has 1 heterocycles. The molecule has 1 aliphatic rings. The molecule has 20 heavy (non-hydrogen) atoms. The number of ether oxygens (including phenoxy) is 2. The van der Waals surface area contributed by atoms with Crippen molar-refractivity contribution in [1.29, 1.82) is 0 Å². The van der Waals surface area contributed by atoms with E-state index < -0.39 is 12.0 Å². The molecular weight excluding hydrogens is 286 g/mol. The van der Waals surface area contributed by atoms with Crippen LogP contribution in [0.15, 0.2) is 12.1 Å². The number of hydrogen-bond acceptors (Lipinski definition) is 4. The predicted octanol–water partition coefficient (Wildman–Crippen LogP) is 1.76. The molecule has 2 rings (SSSR count). The highest BCUT2D eigenvalue weighted by Crippen LogP contribution is 2.39. The largest absolute Gasteiger partial charge is 0.489 e. The van der Waals surface area contributed by atoms with Gasteiger partial charge in [-0.1, -0.05) is 11.6 Å². The molecule has 0 aromatic heterocycles. The molecule has 0 saturated carbocycles. The van der Waals surface area contributed by atoms with Gasteiger partial charge in [0, 0.05) is 6.42 Å². The van der Waals surface area contributed by atoms with E-state index in [0.29, 0.717) is 41.7 Å². The van der Waals surface area contributed by atoms with Crippen molar-refractivity contribution in [3.05, 3.63) is 22.7 Å². The molecule has 1 atom stereocenters. The maximum absolute atomic E-state index is 10.8. The van der Waals surface area contributed by atoms with Gasteiger partial charge in [0.2, 0.25) is 6.41 Å². The third-order valence-electron chi connectivity index (χ3n) is 2.87. The van der Waals surface area contributed by atoms with Crippen LogP contribution in [0.5, 0.6) is 11.5 Å². The third-order valence-corrected chi connectivity index (χ3v) is 3.16. The fourth-order valence-corrected chi connectivity index (χ4v) is 2.26. The number of fused-ring (bicyclic) bond motifs is 1. The maximum Gasteiger partial charge on any atom is 0.305 e. The number of rotatable bonds is 5. The summed E-state index contributed by atoms with van der Waals surface area (Å²) >= 11 is 6.13. The molecule has 1 aromatic rings. The number of nitrogens with one attached hydrogen (secondary N) is 1. The van der Waals surface area contributed by atoms with Crippen molar-refractivity contribution in [2.75, 3.05) is 13.2 Å². The van der Waals surface area contributed by atoms with E-state index in [9.17, 15) is 9.59 Å². The van der Waals surface area contributed by atoms with Gasteiger partial charge in [-0.2, -0.15) is 0 Å². The molecule has 0 unspecified atom stereocenters. The Bertz CT molecular complexity index is 520. The number of benzene rings is 1. The lowest BCUT2D eigenvalue weighted by Crippen LogP contribution is -2.22. The van der Waals surface area contributed by atoms with Crippen LogP contribution in [0.2, 0.25) is 5.02 Å². The summed E-state index contributed by atoms with van der Waals surface area (Å²) in [5, 5.41) is 11.7. The summed E-state index contributed by atoms with van der Waals surface area (Å²) < 4.78 is 11.0. The number of halogens is 1. The van der Waals surface area contributed by atoms with Crippen LogP contribution < -0.4 is 14.8 Å². The van der Waals surface area contributed by atoms with Crippen LogP contribution >= 0.6 is 11.6 Å². The van der Waals surface area contributed by atoms with Crippen molar-refractivity contribution in [3.63, 3.8) is 0 Å². The van der Waals surface area contributed by atoms with Crippen molar-refractivity contribution in [2.45, 2.75) is 18.9 Å². The van der Waals surface area contributed by atoms with Crippen molar-refractivity contribution in [3.8, 4) is 11.5 Å². The average molecular weight is 300 g/mol. The fourth-order valence-electron chi connectivity index (χ4n) is 1.98. The summed E-state index contributed by atoms with van der Waals surface area (Å²) in [5.74, 6) is -0.103. The number of carbonyl (C=O) groups excluding carboxylic acids is 1. The van der Waals surface area contributed by atoms with Gasteiger partial charge in [0.15, 0.2) is 11.5 Å². The van der Waals surface area contributed by atoms with E-state index in [2.05, 4.69) is 5.32 Å². The summed E-state index contributed by atoms with van der Waals surface area (Å²) in [6.07, 6.45) is 0.963. The van der Waals surface area contributed by atoms with Crippen LogP contribution in [0, 0.1) is 0 Å². The van der Waals surface area contributed by atoms with Gasteiger partial charge in [-0.15, -0.1) is 0 Å². The van der Waals surface area contributed by atoms with Gasteiger partial charge in [0.25, 0.3) is 0 Å². The summed E-state index contributed by atoms with van der Waals surface area (Å²) in [6.45, 7) is 1.01. The Morgan fingerprint density at radius 1 is 1.45 bits per heavy atom. The van der Waals surface area contributed by atoms with Gasteiger partial charge in [-0.05, 0) is 17.7 Å². The number of amides is 1. The van der Waals surface area contributed by atoms with Crippen LogP contribution in [0.3, 0.4) is 0 Å². The van der Waals surface area contributed by atoms with Gasteiger partial charge >= 0.3 is 5.97 Å². The fraction of sp³-hybridized carbons (Fsp3) is 0.385. The van der Waals surface area contributed by atoms with E-state index in [-0.39, 0.29) is 6.42 Å². The average Bonchev–Trinajstić information content (AvgIpc) is 2.63. The zero-order valence-corrected chi connectivity index (χ0v) is 11.4. The second-order valence-electron chi connectivity index (χ2n) is 4.32. The van der Waals surface area contributed by atoms with E-state index in [1.165, 1.54) is 0 Å². The van der Waals surface area contributed by atoms with Gasteiger partial charge < -0.3 is 19.9 Å². The lowest BCUT2D eigenvalue weighted by molar-refractivity contribution is -0.137. The normalized spacial score (nSPS) is 15.1. The second-order valence-corrected chi connectivity index (χ2v) is 4.72. The topological polar surface area (TPSA) is 84.9 Å². The molecular formula is C13H14ClNO5. The van der Waals surface area contributed by atoms with E-state index in [1.807, 2.05) is 0 Å². The molecule has 0 aliphatic carbocycles. The van der Waals surface area contributed by atoms with E-state index >= 15 is 0 Å². The standard InChI is InChI=1S/C13H14ClNO5/c14-9-4-8(10(15-7-16)6-12(17)18)5-11-13(9)20-3-1-2-19-11/h4-5,7,10H,1-3,6H2,(H,15,16)(H,17,18)/t10-/m0/s1. The highest BCUT2D eigenvalue weighted by molar-refractivity contribution is 6.32. The maximum atomic E-state index is 10.8. The van der Waals surface area contributed by atoms with Crippen LogP contribution in [-0.4, -0.2) is 30.7 Å². The number of carbonyl (C=O) groups is 2. The Labute approximate surface area is 120 Å². The summed E-state index contributed by atoms with van der Waals surface area (Å²) in [7, 11) is 0. The van der Waals surface area contributed by atoms with Crippen LogP contribution in [0.25, 0.3) is 0 Å². The molecule has 0 radical (unpaired) electrons. The van der Waals surface area contributed by atoms with Crippen molar-refractivity contribution >= 4 is 24.0 Å². The van der Waals surface area contributed by atoms with E-state index in [4.69, 9.17) is 26.2 Å². The summed E-state index contributed by atoms with van der Waals surface area (Å²) in [5.41, 5.74) is 0.564. The number of hydrogen-bond donors (Lipinski definition) is 2. The Kier molecular flexibility index (Phi) is 4.68. The minimum atomic E-state index is -1.02. The molecule has 7 heteroatoms. The molecule has 0 spiro atoms. The first-order chi connectivity index (χ1) is 9.61. The first-order valence-electron chi connectivity index (χ1n) is 6.12. The van der Waals surface area contributed by atoms with Gasteiger partial charge in [0.1, 0.15) is 0 Å². The Morgan fingerprint density at radius 2 is 2.20 bits per heavy atom. The number of carboxylic acid groups (broad SMARTS) is 1. The molecule has 0 bridgehead atoms. The molecule has 1 aliphatic heterocycles. The lowest BCUT2D eigenvalue weighted by Gasteiger charge is -2.17. The molecule has 2 N–H and O–H groups in total. The van der Waals surface area contributed by atoms with Gasteiger partial charge in [-0.25, -0.2) is 0 Å². The van der Waals surface area contributed by atoms with E-state index in [1.54, 1.807) is 12.1 Å². The Morgan fingerprint density at radius 3 is 2.90 bits per heavy atom. The Balaban J connectivity index is 2.35. The van der Waals surface area contributed by atoms with E-state index in [0.717, 1.165) is 6.42 Å². The molecule has 0 fully saturated rings. The minimum absolute atomic E-state index is 0.241. The van der Waals surface area contributed by atoms with Crippen LogP contribution in [0.4, 0.5) is 0 Å². The SMILES string of the molecule is O=CN[C@@H](CC(=O)O)c1cc(Cl)c2c(c1)OCCCO2. The van der Waals surface area contributed by atoms with Gasteiger partial charge in [0.05, 0.1) is 30.7 Å². The number of carboxylic acids is 1. The third kappa shape index (κ3) is 3.33. The highest BCUT2D eigenvalue weighted by Gasteiger charge is 2.21. The molecule has 6 nitrogen and oxygen atoms in total. The molecule has 0 saturated heterocycles. The van der Waals surface area contributed by atoms with Crippen molar-refractivity contribution in [2.24, 2.45) is 0 Å². The van der Waals surface area contributed by atoms with Crippen LogP contribution in [-0.2, 0) is 9.59 Å². The lowest BCUT2D eigenvalue weighted by atomic mass is 10.0.